The quantitative estimate of drug-likeness (QED) is 0.843. The molecule has 2 saturated heterocycles. The Morgan fingerprint density at radius 1 is 1.25 bits per heavy atom. The lowest BCUT2D eigenvalue weighted by atomic mass is 9.89. The molecule has 128 valence electrons. The van der Waals surface area contributed by atoms with Crippen molar-refractivity contribution >= 4 is 0 Å². The number of piperidine rings is 1. The van der Waals surface area contributed by atoms with E-state index in [0.717, 1.165) is 44.9 Å². The van der Waals surface area contributed by atoms with Crippen molar-refractivity contribution in [3.05, 3.63) is 54.2 Å². The Labute approximate surface area is 143 Å². The first-order valence-electron chi connectivity index (χ1n) is 8.74. The van der Waals surface area contributed by atoms with E-state index in [2.05, 4.69) is 26.9 Å². The second kappa shape index (κ2) is 7.05. The molecule has 2 aliphatic heterocycles. The molecular weight excluding hydrogens is 302 g/mol. The molecule has 0 radical (unpaired) electrons. The molecule has 0 bridgehead atoms. The normalized spacial score (nSPS) is 28.1. The van der Waals surface area contributed by atoms with Gasteiger partial charge in [-0.2, -0.15) is 0 Å². The van der Waals surface area contributed by atoms with E-state index in [9.17, 15) is 0 Å². The van der Waals surface area contributed by atoms with E-state index in [-0.39, 0.29) is 0 Å². The van der Waals surface area contributed by atoms with Gasteiger partial charge in [0.2, 0.25) is 0 Å². The van der Waals surface area contributed by atoms with E-state index >= 15 is 0 Å². The molecule has 4 heterocycles. The Morgan fingerprint density at radius 2 is 2.21 bits per heavy atom. The maximum atomic E-state index is 5.80. The summed E-state index contributed by atoms with van der Waals surface area (Å²) in [5.74, 6) is 1.62. The van der Waals surface area contributed by atoms with Crippen LogP contribution in [0, 0.1) is 5.92 Å². The number of nitrogens with zero attached hydrogens (tertiary/aromatic N) is 3. The lowest BCUT2D eigenvalue weighted by Gasteiger charge is -2.40. The minimum atomic E-state index is 0.363. The highest BCUT2D eigenvalue weighted by Gasteiger charge is 2.44. The van der Waals surface area contributed by atoms with Gasteiger partial charge in [0.1, 0.15) is 5.76 Å². The van der Waals surface area contributed by atoms with Crippen molar-refractivity contribution in [2.75, 3.05) is 26.7 Å². The van der Waals surface area contributed by atoms with Crippen molar-refractivity contribution < 1.29 is 9.15 Å². The third-order valence-electron chi connectivity index (χ3n) is 5.43. The van der Waals surface area contributed by atoms with Crippen molar-refractivity contribution in [1.29, 1.82) is 0 Å². The number of fused-ring (bicyclic) bond motifs is 1. The van der Waals surface area contributed by atoms with Crippen molar-refractivity contribution in [3.63, 3.8) is 0 Å². The highest BCUT2D eigenvalue weighted by molar-refractivity contribution is 5.10. The average molecular weight is 327 g/mol. The van der Waals surface area contributed by atoms with Crippen LogP contribution in [0.3, 0.4) is 0 Å². The number of likely N-dealkylation sites (tertiary alicyclic amines) is 2. The van der Waals surface area contributed by atoms with Crippen molar-refractivity contribution in [2.24, 2.45) is 5.92 Å². The maximum Gasteiger partial charge on any atom is 0.117 e. The van der Waals surface area contributed by atoms with Gasteiger partial charge in [-0.1, -0.05) is 6.07 Å². The first kappa shape index (κ1) is 15.8. The Bertz CT molecular complexity index is 631. The summed E-state index contributed by atoms with van der Waals surface area (Å²) in [6.07, 6.45) is 7.02. The SMILES string of the molecule is CO[C@H]1CCN(Cc2ccco2)[C@@H]2CN(Cc3cccnc3)C[C@H]12. The number of hydrogen-bond donors (Lipinski definition) is 0. The van der Waals surface area contributed by atoms with Gasteiger partial charge < -0.3 is 9.15 Å². The maximum absolute atomic E-state index is 5.80. The summed E-state index contributed by atoms with van der Waals surface area (Å²) in [4.78, 5) is 9.35. The number of furan rings is 1. The van der Waals surface area contributed by atoms with E-state index in [1.54, 1.807) is 6.26 Å². The number of methoxy groups -OCH3 is 1. The van der Waals surface area contributed by atoms with Gasteiger partial charge in [-0.05, 0) is 30.2 Å². The predicted octanol–water partition coefficient (Wildman–Crippen LogP) is 2.40. The topological polar surface area (TPSA) is 41.7 Å². The standard InChI is InChI=1S/C19H25N3O2/c1-23-19-6-8-22(12-16-5-3-9-24-16)18-14-21(13-17(18)19)11-15-4-2-7-20-10-15/h2-5,7,9-10,17-19H,6,8,11-14H2,1H3/t17-,18+,19-/m0/s1. The number of pyridine rings is 1. The van der Waals surface area contributed by atoms with Crippen LogP contribution in [0.25, 0.3) is 0 Å². The molecule has 0 spiro atoms. The van der Waals surface area contributed by atoms with E-state index in [0.29, 0.717) is 18.1 Å². The van der Waals surface area contributed by atoms with Crippen LogP contribution in [0.4, 0.5) is 0 Å². The lowest BCUT2D eigenvalue weighted by molar-refractivity contribution is -0.0262. The average Bonchev–Trinajstić information content (AvgIpc) is 3.26. The van der Waals surface area contributed by atoms with Gasteiger partial charge in [0, 0.05) is 57.6 Å². The molecule has 2 aromatic rings. The zero-order valence-corrected chi connectivity index (χ0v) is 14.2. The zero-order chi connectivity index (χ0) is 16.4. The Morgan fingerprint density at radius 3 is 2.96 bits per heavy atom. The van der Waals surface area contributed by atoms with Crippen LogP contribution < -0.4 is 0 Å². The van der Waals surface area contributed by atoms with Gasteiger partial charge in [-0.25, -0.2) is 0 Å². The molecule has 0 N–H and O–H groups in total. The fourth-order valence-corrected chi connectivity index (χ4v) is 4.29. The van der Waals surface area contributed by atoms with Crippen LogP contribution in [-0.4, -0.2) is 53.7 Å². The van der Waals surface area contributed by atoms with Gasteiger partial charge in [-0.3, -0.25) is 14.8 Å². The number of hydrogen-bond acceptors (Lipinski definition) is 5. The van der Waals surface area contributed by atoms with Crippen LogP contribution in [-0.2, 0) is 17.8 Å². The van der Waals surface area contributed by atoms with Crippen molar-refractivity contribution in [3.8, 4) is 0 Å². The Hall–Kier alpha value is -1.69. The van der Waals surface area contributed by atoms with Gasteiger partial charge in [-0.15, -0.1) is 0 Å². The smallest absolute Gasteiger partial charge is 0.117 e. The minimum absolute atomic E-state index is 0.363. The lowest BCUT2D eigenvalue weighted by Crippen LogP contribution is -2.50. The van der Waals surface area contributed by atoms with Gasteiger partial charge >= 0.3 is 0 Å². The highest BCUT2D eigenvalue weighted by atomic mass is 16.5. The number of aromatic nitrogens is 1. The van der Waals surface area contributed by atoms with Crippen molar-refractivity contribution in [2.45, 2.75) is 31.7 Å². The van der Waals surface area contributed by atoms with E-state index in [1.165, 1.54) is 5.56 Å². The molecule has 0 aliphatic carbocycles. The molecule has 3 atom stereocenters. The molecule has 2 fully saturated rings. The summed E-state index contributed by atoms with van der Waals surface area (Å²) in [6.45, 7) is 5.10. The third kappa shape index (κ3) is 3.24. The van der Waals surface area contributed by atoms with Crippen molar-refractivity contribution in [1.82, 2.24) is 14.8 Å². The second-order valence-electron chi connectivity index (χ2n) is 6.90. The summed E-state index contributed by atoms with van der Waals surface area (Å²) < 4.78 is 11.4. The molecule has 5 heteroatoms. The van der Waals surface area contributed by atoms with Crippen LogP contribution in [0.5, 0.6) is 0 Å². The fraction of sp³-hybridized carbons (Fsp3) is 0.526. The molecule has 0 saturated carbocycles. The summed E-state index contributed by atoms with van der Waals surface area (Å²) >= 11 is 0. The predicted molar refractivity (Wildman–Crippen MR) is 91.3 cm³/mol. The molecule has 0 amide bonds. The molecule has 2 aromatic heterocycles. The molecule has 0 unspecified atom stereocenters. The van der Waals surface area contributed by atoms with Gasteiger partial charge in [0.05, 0.1) is 18.9 Å². The molecule has 4 rings (SSSR count). The first-order chi connectivity index (χ1) is 11.8. The number of ether oxygens (including phenoxy) is 1. The first-order valence-corrected chi connectivity index (χ1v) is 8.74. The minimum Gasteiger partial charge on any atom is -0.468 e. The molecule has 0 aromatic carbocycles. The summed E-state index contributed by atoms with van der Waals surface area (Å²) in [5.41, 5.74) is 1.28. The Balaban J connectivity index is 1.47. The third-order valence-corrected chi connectivity index (χ3v) is 5.43. The Kier molecular flexibility index (Phi) is 4.65. The van der Waals surface area contributed by atoms with E-state index in [4.69, 9.17) is 9.15 Å². The molecule has 5 nitrogen and oxygen atoms in total. The van der Waals surface area contributed by atoms with Crippen LogP contribution in [0.15, 0.2) is 47.3 Å². The van der Waals surface area contributed by atoms with E-state index in [1.807, 2.05) is 31.6 Å². The molecule has 2 aliphatic rings. The fourth-order valence-electron chi connectivity index (χ4n) is 4.29. The summed E-state index contributed by atoms with van der Waals surface area (Å²) in [6, 6.07) is 8.74. The van der Waals surface area contributed by atoms with Gasteiger partial charge in [0.25, 0.3) is 0 Å². The van der Waals surface area contributed by atoms with Crippen LogP contribution >= 0.6 is 0 Å². The summed E-state index contributed by atoms with van der Waals surface area (Å²) in [5, 5.41) is 0. The largest absolute Gasteiger partial charge is 0.468 e. The van der Waals surface area contributed by atoms with Crippen LogP contribution in [0.1, 0.15) is 17.7 Å². The molecular formula is C19H25N3O2. The second-order valence-corrected chi connectivity index (χ2v) is 6.90. The monoisotopic (exact) mass is 327 g/mol. The van der Waals surface area contributed by atoms with E-state index < -0.39 is 0 Å². The zero-order valence-electron chi connectivity index (χ0n) is 14.2. The molecule has 24 heavy (non-hydrogen) atoms. The summed E-state index contributed by atoms with van der Waals surface area (Å²) in [7, 11) is 1.85. The van der Waals surface area contributed by atoms with Gasteiger partial charge in [0.15, 0.2) is 0 Å². The van der Waals surface area contributed by atoms with Crippen LogP contribution in [0.2, 0.25) is 0 Å². The number of rotatable bonds is 5. The highest BCUT2D eigenvalue weighted by Crippen LogP contribution is 2.34.